The van der Waals surface area contributed by atoms with E-state index in [1.165, 1.54) is 0 Å². The van der Waals surface area contributed by atoms with Gasteiger partial charge in [0.2, 0.25) is 5.91 Å². The SMILES string of the molecule is CC1CCN(C(=O)C2CC2c2cccc(Cl)c2)CC1O. The molecule has 4 atom stereocenters. The van der Waals surface area contributed by atoms with Crippen molar-refractivity contribution in [2.75, 3.05) is 13.1 Å². The van der Waals surface area contributed by atoms with Gasteiger partial charge in [-0.15, -0.1) is 0 Å². The Hall–Kier alpha value is -1.06. The number of hydrogen-bond donors (Lipinski definition) is 1. The first kappa shape index (κ1) is 13.9. The highest BCUT2D eigenvalue weighted by atomic mass is 35.5. The highest BCUT2D eigenvalue weighted by Crippen LogP contribution is 2.49. The summed E-state index contributed by atoms with van der Waals surface area (Å²) in [4.78, 5) is 14.3. The predicted octanol–water partition coefficient (Wildman–Crippen LogP) is 2.67. The third-order valence-electron chi connectivity index (χ3n) is 4.61. The van der Waals surface area contributed by atoms with Gasteiger partial charge in [-0.2, -0.15) is 0 Å². The lowest BCUT2D eigenvalue weighted by Gasteiger charge is -2.34. The molecule has 1 aliphatic carbocycles. The van der Waals surface area contributed by atoms with E-state index in [0.29, 0.717) is 18.4 Å². The first-order chi connectivity index (χ1) is 9.56. The Bertz CT molecular complexity index is 519. The molecule has 1 heterocycles. The molecule has 1 saturated carbocycles. The van der Waals surface area contributed by atoms with Crippen molar-refractivity contribution in [3.63, 3.8) is 0 Å². The Balaban J connectivity index is 1.63. The summed E-state index contributed by atoms with van der Waals surface area (Å²) in [5.74, 6) is 0.870. The van der Waals surface area contributed by atoms with Crippen molar-refractivity contribution in [2.45, 2.75) is 31.8 Å². The molecule has 1 amide bonds. The third-order valence-corrected chi connectivity index (χ3v) is 4.85. The Kier molecular flexibility index (Phi) is 3.74. The number of hydrogen-bond acceptors (Lipinski definition) is 2. The molecule has 1 saturated heterocycles. The average molecular weight is 294 g/mol. The summed E-state index contributed by atoms with van der Waals surface area (Å²) in [7, 11) is 0. The fourth-order valence-corrected chi connectivity index (χ4v) is 3.26. The Morgan fingerprint density at radius 1 is 1.45 bits per heavy atom. The van der Waals surface area contributed by atoms with Gasteiger partial charge in [-0.05, 0) is 42.4 Å². The van der Waals surface area contributed by atoms with Gasteiger partial charge in [0, 0.05) is 24.0 Å². The summed E-state index contributed by atoms with van der Waals surface area (Å²) in [5.41, 5.74) is 1.15. The van der Waals surface area contributed by atoms with Gasteiger partial charge >= 0.3 is 0 Å². The molecular formula is C16H20ClNO2. The van der Waals surface area contributed by atoms with Crippen LogP contribution in [0.1, 0.15) is 31.2 Å². The number of benzene rings is 1. The molecule has 3 nitrogen and oxygen atoms in total. The lowest BCUT2D eigenvalue weighted by atomic mass is 9.95. The van der Waals surface area contributed by atoms with Crippen LogP contribution in [0.3, 0.4) is 0 Å². The molecule has 3 rings (SSSR count). The van der Waals surface area contributed by atoms with Crippen molar-refractivity contribution in [1.29, 1.82) is 0 Å². The largest absolute Gasteiger partial charge is 0.391 e. The number of likely N-dealkylation sites (tertiary alicyclic amines) is 1. The molecule has 0 radical (unpaired) electrons. The number of carbonyl (C=O) groups is 1. The number of rotatable bonds is 2. The number of β-amino-alcohol motifs (C(OH)–C–C–N with tert-alkyl or cyclic N) is 1. The monoisotopic (exact) mass is 293 g/mol. The minimum Gasteiger partial charge on any atom is -0.391 e. The maximum absolute atomic E-state index is 12.5. The van der Waals surface area contributed by atoms with Gasteiger partial charge in [0.1, 0.15) is 0 Å². The summed E-state index contributed by atoms with van der Waals surface area (Å²) in [6.07, 6.45) is 1.42. The van der Waals surface area contributed by atoms with Crippen LogP contribution in [-0.4, -0.2) is 35.1 Å². The van der Waals surface area contributed by atoms with Gasteiger partial charge in [0.05, 0.1) is 6.10 Å². The molecule has 0 spiro atoms. The van der Waals surface area contributed by atoms with Gasteiger partial charge < -0.3 is 10.0 Å². The molecule has 20 heavy (non-hydrogen) atoms. The summed E-state index contributed by atoms with van der Waals surface area (Å²) in [5, 5.41) is 10.6. The number of aliphatic hydroxyl groups is 1. The van der Waals surface area contributed by atoms with E-state index in [4.69, 9.17) is 11.6 Å². The van der Waals surface area contributed by atoms with Gasteiger partial charge in [-0.1, -0.05) is 30.7 Å². The zero-order valence-electron chi connectivity index (χ0n) is 11.6. The van der Waals surface area contributed by atoms with E-state index in [-0.39, 0.29) is 17.9 Å². The van der Waals surface area contributed by atoms with Gasteiger partial charge in [0.25, 0.3) is 0 Å². The molecule has 2 fully saturated rings. The molecular weight excluding hydrogens is 274 g/mol. The summed E-state index contributed by atoms with van der Waals surface area (Å²) in [6, 6.07) is 7.78. The van der Waals surface area contributed by atoms with Crippen LogP contribution in [0.25, 0.3) is 0 Å². The van der Waals surface area contributed by atoms with E-state index < -0.39 is 0 Å². The van der Waals surface area contributed by atoms with E-state index in [1.807, 2.05) is 36.1 Å². The van der Waals surface area contributed by atoms with Crippen molar-refractivity contribution in [3.05, 3.63) is 34.9 Å². The first-order valence-corrected chi connectivity index (χ1v) is 7.66. The number of carbonyl (C=O) groups excluding carboxylic acids is 1. The summed E-state index contributed by atoms with van der Waals surface area (Å²) < 4.78 is 0. The molecule has 1 aromatic carbocycles. The predicted molar refractivity (Wildman–Crippen MR) is 78.7 cm³/mol. The van der Waals surface area contributed by atoms with Crippen LogP contribution in [0.4, 0.5) is 0 Å². The molecule has 4 heteroatoms. The van der Waals surface area contributed by atoms with E-state index in [9.17, 15) is 9.90 Å². The first-order valence-electron chi connectivity index (χ1n) is 7.28. The van der Waals surface area contributed by atoms with Crippen LogP contribution in [-0.2, 0) is 4.79 Å². The van der Waals surface area contributed by atoms with E-state index in [1.54, 1.807) is 0 Å². The Morgan fingerprint density at radius 2 is 2.25 bits per heavy atom. The second-order valence-corrected chi connectivity index (χ2v) is 6.56. The second-order valence-electron chi connectivity index (χ2n) is 6.12. The van der Waals surface area contributed by atoms with Gasteiger partial charge in [-0.3, -0.25) is 4.79 Å². The number of piperidine rings is 1. The van der Waals surface area contributed by atoms with Crippen LogP contribution in [0, 0.1) is 11.8 Å². The normalized spacial score (nSPS) is 33.0. The van der Waals surface area contributed by atoms with Crippen LogP contribution in [0.15, 0.2) is 24.3 Å². The highest BCUT2D eigenvalue weighted by Gasteiger charge is 2.46. The van der Waals surface area contributed by atoms with Crippen LogP contribution in [0.2, 0.25) is 5.02 Å². The smallest absolute Gasteiger partial charge is 0.226 e. The molecule has 0 aromatic heterocycles. The minimum absolute atomic E-state index is 0.0778. The molecule has 2 aliphatic rings. The standard InChI is InChI=1S/C16H20ClNO2/c1-10-5-6-18(9-15(10)19)16(20)14-8-13(14)11-3-2-4-12(17)7-11/h2-4,7,10,13-15,19H,5-6,8-9H2,1H3. The highest BCUT2D eigenvalue weighted by molar-refractivity contribution is 6.30. The Morgan fingerprint density at radius 3 is 2.95 bits per heavy atom. The minimum atomic E-state index is -0.379. The second kappa shape index (κ2) is 5.38. The van der Waals surface area contributed by atoms with E-state index in [2.05, 4.69) is 0 Å². The maximum Gasteiger partial charge on any atom is 0.226 e. The molecule has 1 N–H and O–H groups in total. The maximum atomic E-state index is 12.5. The van der Waals surface area contributed by atoms with E-state index >= 15 is 0 Å². The van der Waals surface area contributed by atoms with Crippen molar-refractivity contribution in [3.8, 4) is 0 Å². The molecule has 1 aliphatic heterocycles. The van der Waals surface area contributed by atoms with Gasteiger partial charge in [-0.25, -0.2) is 0 Å². The lowest BCUT2D eigenvalue weighted by Crippen LogP contribution is -2.46. The fourth-order valence-electron chi connectivity index (χ4n) is 3.06. The number of nitrogens with zero attached hydrogens (tertiary/aromatic N) is 1. The van der Waals surface area contributed by atoms with E-state index in [0.717, 1.165) is 30.0 Å². The summed E-state index contributed by atoms with van der Waals surface area (Å²) in [6.45, 7) is 3.30. The summed E-state index contributed by atoms with van der Waals surface area (Å²) >= 11 is 6.00. The fraction of sp³-hybridized carbons (Fsp3) is 0.562. The number of amides is 1. The average Bonchev–Trinajstić information content (AvgIpc) is 3.21. The van der Waals surface area contributed by atoms with Crippen LogP contribution in [0.5, 0.6) is 0 Å². The van der Waals surface area contributed by atoms with Crippen molar-refractivity contribution >= 4 is 17.5 Å². The van der Waals surface area contributed by atoms with Crippen LogP contribution < -0.4 is 0 Å². The molecule has 0 bridgehead atoms. The number of halogens is 1. The lowest BCUT2D eigenvalue weighted by molar-refractivity contribution is -0.136. The zero-order chi connectivity index (χ0) is 14.3. The number of aliphatic hydroxyl groups excluding tert-OH is 1. The third kappa shape index (κ3) is 2.70. The molecule has 108 valence electrons. The van der Waals surface area contributed by atoms with Crippen molar-refractivity contribution < 1.29 is 9.90 Å². The van der Waals surface area contributed by atoms with Crippen molar-refractivity contribution in [1.82, 2.24) is 4.90 Å². The van der Waals surface area contributed by atoms with Crippen LogP contribution >= 0.6 is 11.6 Å². The Labute approximate surface area is 124 Å². The van der Waals surface area contributed by atoms with Gasteiger partial charge in [0.15, 0.2) is 0 Å². The molecule has 1 aromatic rings. The zero-order valence-corrected chi connectivity index (χ0v) is 12.4. The topological polar surface area (TPSA) is 40.5 Å². The molecule has 4 unspecified atom stereocenters. The quantitative estimate of drug-likeness (QED) is 0.911. The van der Waals surface area contributed by atoms with Crippen molar-refractivity contribution in [2.24, 2.45) is 11.8 Å².